The van der Waals surface area contributed by atoms with Gasteiger partial charge in [-0.3, -0.25) is 19.2 Å². The molecule has 1 atom stereocenters. The first kappa shape index (κ1) is 35.8. The zero-order chi connectivity index (χ0) is 34.0. The van der Waals surface area contributed by atoms with E-state index in [1.807, 2.05) is 121 Å². The normalized spacial score (nSPS) is 11.7. The van der Waals surface area contributed by atoms with Gasteiger partial charge in [-0.05, 0) is 28.7 Å². The monoisotopic (exact) mass is 645 g/mol. The van der Waals surface area contributed by atoms with Gasteiger partial charge in [0.15, 0.2) is 0 Å². The van der Waals surface area contributed by atoms with Gasteiger partial charge < -0.3 is 16.0 Å². The van der Waals surface area contributed by atoms with Gasteiger partial charge in [0.05, 0.1) is 6.42 Å². The van der Waals surface area contributed by atoms with E-state index in [4.69, 9.17) is 0 Å². The molecular formula is C41H47N3O4. The van der Waals surface area contributed by atoms with Crippen molar-refractivity contribution in [1.82, 2.24) is 16.0 Å². The third-order valence-electron chi connectivity index (χ3n) is 8.52. The van der Waals surface area contributed by atoms with Crippen molar-refractivity contribution >= 4 is 23.5 Å². The Labute approximate surface area is 284 Å². The molecule has 250 valence electrons. The minimum absolute atomic E-state index is 0.148. The van der Waals surface area contributed by atoms with Crippen molar-refractivity contribution in [2.75, 3.05) is 0 Å². The quantitative estimate of drug-likeness (QED) is 0.0581. The Bertz CT molecular complexity index is 1480. The molecule has 3 amide bonds. The molecule has 7 nitrogen and oxygen atoms in total. The number of benzene rings is 4. The largest absolute Gasteiger partial charge is 0.345 e. The third-order valence-corrected chi connectivity index (χ3v) is 8.52. The molecule has 0 aliphatic rings. The molecule has 0 unspecified atom stereocenters. The van der Waals surface area contributed by atoms with E-state index in [1.54, 1.807) is 0 Å². The Kier molecular flexibility index (Phi) is 14.1. The maximum absolute atomic E-state index is 14.1. The van der Waals surface area contributed by atoms with Gasteiger partial charge in [-0.2, -0.15) is 0 Å². The first-order valence-electron chi connectivity index (χ1n) is 17.1. The molecule has 0 radical (unpaired) electrons. The fraction of sp³-hybridized carbons (Fsp3) is 0.317. The molecule has 0 heterocycles. The smallest absolute Gasteiger partial charge is 0.289 e. The van der Waals surface area contributed by atoms with E-state index in [0.717, 1.165) is 41.5 Å². The van der Waals surface area contributed by atoms with Crippen LogP contribution in [0.1, 0.15) is 87.0 Å². The SMILES string of the molecule is CCCCCCCCCC(=O)N[C@H](CC(=O)NC(c1ccccc1)(c1ccccc1)c1ccccc1)C(=O)C(=O)NCc1ccccc1. The lowest BCUT2D eigenvalue weighted by molar-refractivity contribution is -0.141. The molecule has 4 aromatic carbocycles. The Morgan fingerprint density at radius 3 is 1.54 bits per heavy atom. The first-order valence-corrected chi connectivity index (χ1v) is 17.1. The number of rotatable bonds is 19. The van der Waals surface area contributed by atoms with Crippen molar-refractivity contribution in [2.45, 2.75) is 82.8 Å². The van der Waals surface area contributed by atoms with Crippen molar-refractivity contribution in [3.63, 3.8) is 0 Å². The fourth-order valence-corrected chi connectivity index (χ4v) is 5.97. The van der Waals surface area contributed by atoms with Crippen molar-refractivity contribution in [3.05, 3.63) is 144 Å². The van der Waals surface area contributed by atoms with E-state index in [0.29, 0.717) is 6.42 Å². The number of unbranched alkanes of at least 4 members (excludes halogenated alkanes) is 6. The van der Waals surface area contributed by atoms with Crippen LogP contribution in [0.2, 0.25) is 0 Å². The summed E-state index contributed by atoms with van der Waals surface area (Å²) in [5.41, 5.74) is 2.19. The number of nitrogens with one attached hydrogen (secondary N) is 3. The van der Waals surface area contributed by atoms with Crippen molar-refractivity contribution < 1.29 is 19.2 Å². The van der Waals surface area contributed by atoms with Gasteiger partial charge in [-0.1, -0.05) is 167 Å². The summed E-state index contributed by atoms with van der Waals surface area (Å²) < 4.78 is 0. The van der Waals surface area contributed by atoms with E-state index in [1.165, 1.54) is 19.3 Å². The summed E-state index contributed by atoms with van der Waals surface area (Å²) in [6, 6.07) is 36.8. The number of hydrogen-bond acceptors (Lipinski definition) is 4. The van der Waals surface area contributed by atoms with Gasteiger partial charge in [0.2, 0.25) is 17.6 Å². The van der Waals surface area contributed by atoms with Crippen LogP contribution in [0.25, 0.3) is 0 Å². The minimum atomic E-state index is -1.34. The van der Waals surface area contributed by atoms with Crippen LogP contribution in [0, 0.1) is 0 Å². The third kappa shape index (κ3) is 10.2. The lowest BCUT2D eigenvalue weighted by Crippen LogP contribution is -2.53. The Hall–Kier alpha value is -5.04. The topological polar surface area (TPSA) is 104 Å². The molecule has 7 heteroatoms. The van der Waals surface area contributed by atoms with Crippen LogP contribution in [-0.4, -0.2) is 29.5 Å². The van der Waals surface area contributed by atoms with E-state index in [-0.39, 0.29) is 18.9 Å². The minimum Gasteiger partial charge on any atom is -0.345 e. The summed E-state index contributed by atoms with van der Waals surface area (Å²) in [7, 11) is 0. The Morgan fingerprint density at radius 2 is 1.04 bits per heavy atom. The summed E-state index contributed by atoms with van der Waals surface area (Å²) in [6.07, 6.45) is 7.12. The van der Waals surface area contributed by atoms with Gasteiger partial charge >= 0.3 is 0 Å². The second kappa shape index (κ2) is 18.9. The highest BCUT2D eigenvalue weighted by molar-refractivity contribution is 6.38. The van der Waals surface area contributed by atoms with Crippen molar-refractivity contribution in [3.8, 4) is 0 Å². The predicted molar refractivity (Wildman–Crippen MR) is 190 cm³/mol. The summed E-state index contributed by atoms with van der Waals surface area (Å²) in [6.45, 7) is 2.32. The summed E-state index contributed by atoms with van der Waals surface area (Å²) >= 11 is 0. The zero-order valence-electron chi connectivity index (χ0n) is 27.8. The molecule has 0 aliphatic heterocycles. The van der Waals surface area contributed by atoms with Crippen LogP contribution in [0.5, 0.6) is 0 Å². The summed E-state index contributed by atoms with van der Waals surface area (Å²) in [5.74, 6) is -2.56. The molecule has 0 saturated heterocycles. The average Bonchev–Trinajstić information content (AvgIpc) is 3.13. The predicted octanol–water partition coefficient (Wildman–Crippen LogP) is 7.00. The number of Topliss-reactive ketones (excluding diaryl/α,β-unsaturated/α-hetero) is 1. The van der Waals surface area contributed by atoms with Crippen LogP contribution < -0.4 is 16.0 Å². The van der Waals surface area contributed by atoms with Crippen LogP contribution in [0.15, 0.2) is 121 Å². The van der Waals surface area contributed by atoms with Crippen molar-refractivity contribution in [2.24, 2.45) is 0 Å². The van der Waals surface area contributed by atoms with Crippen LogP contribution in [-0.2, 0) is 31.3 Å². The highest BCUT2D eigenvalue weighted by Crippen LogP contribution is 2.37. The van der Waals surface area contributed by atoms with E-state index >= 15 is 0 Å². The van der Waals surface area contributed by atoms with Crippen LogP contribution in [0.4, 0.5) is 0 Å². The molecule has 4 rings (SSSR count). The molecule has 0 bridgehead atoms. The van der Waals surface area contributed by atoms with E-state index < -0.39 is 35.6 Å². The Morgan fingerprint density at radius 1 is 0.583 bits per heavy atom. The molecule has 3 N–H and O–H groups in total. The number of carbonyl (C=O) groups is 4. The fourth-order valence-electron chi connectivity index (χ4n) is 5.97. The number of carbonyl (C=O) groups excluding carboxylic acids is 4. The average molecular weight is 646 g/mol. The molecule has 0 aliphatic carbocycles. The standard InChI is InChI=1S/C41H47N3O4/c1-2-3-4-5-6-7-20-29-37(45)43-36(39(47)40(48)42-31-32-21-12-8-13-22-32)30-38(46)44-41(33-23-14-9-15-24-33,34-25-16-10-17-26-34)35-27-18-11-19-28-35/h8-19,21-28,36H,2-7,20,29-31H2,1H3,(H,42,48)(H,43,45)(H,44,46)/t36-/m1/s1. The van der Waals surface area contributed by atoms with Crippen LogP contribution >= 0.6 is 0 Å². The molecule has 48 heavy (non-hydrogen) atoms. The maximum atomic E-state index is 14.1. The number of hydrogen-bond donors (Lipinski definition) is 3. The molecule has 0 saturated carbocycles. The summed E-state index contributed by atoms with van der Waals surface area (Å²) in [4.78, 5) is 53.9. The van der Waals surface area contributed by atoms with Gasteiger partial charge in [0.25, 0.3) is 5.91 Å². The maximum Gasteiger partial charge on any atom is 0.289 e. The first-order chi connectivity index (χ1) is 23.4. The lowest BCUT2D eigenvalue weighted by Gasteiger charge is -2.37. The van der Waals surface area contributed by atoms with Gasteiger partial charge in [-0.25, -0.2) is 0 Å². The summed E-state index contributed by atoms with van der Waals surface area (Å²) in [5, 5.41) is 8.63. The van der Waals surface area contributed by atoms with Gasteiger partial charge in [-0.15, -0.1) is 0 Å². The molecule has 0 fully saturated rings. The van der Waals surface area contributed by atoms with Crippen molar-refractivity contribution in [1.29, 1.82) is 0 Å². The number of amides is 3. The van der Waals surface area contributed by atoms with Gasteiger partial charge in [0.1, 0.15) is 11.6 Å². The van der Waals surface area contributed by atoms with Crippen LogP contribution in [0.3, 0.4) is 0 Å². The second-order valence-electron chi connectivity index (χ2n) is 12.1. The van der Waals surface area contributed by atoms with E-state index in [2.05, 4.69) is 22.9 Å². The lowest BCUT2D eigenvalue weighted by atomic mass is 9.77. The zero-order valence-corrected chi connectivity index (χ0v) is 27.8. The van der Waals surface area contributed by atoms with Gasteiger partial charge in [0, 0.05) is 13.0 Å². The molecule has 4 aromatic rings. The molecule has 0 aromatic heterocycles. The Balaban J connectivity index is 1.56. The number of ketones is 1. The highest BCUT2D eigenvalue weighted by atomic mass is 16.2. The molecular weight excluding hydrogens is 598 g/mol. The highest BCUT2D eigenvalue weighted by Gasteiger charge is 2.39. The van der Waals surface area contributed by atoms with E-state index in [9.17, 15) is 19.2 Å². The second-order valence-corrected chi connectivity index (χ2v) is 12.1. The molecule has 0 spiro atoms.